The highest BCUT2D eigenvalue weighted by molar-refractivity contribution is 5.77. The number of hydrogen-bond acceptors (Lipinski definition) is 5. The van der Waals surface area contributed by atoms with E-state index < -0.39 is 0 Å². The van der Waals surface area contributed by atoms with Crippen LogP contribution in [0.1, 0.15) is 13.8 Å². The number of carbonyl (C=O) groups is 1. The maximum absolute atomic E-state index is 12.2. The predicted molar refractivity (Wildman–Crippen MR) is 93.3 cm³/mol. The maximum Gasteiger partial charge on any atom is 0.260 e. The molecule has 0 saturated carbocycles. The Labute approximate surface area is 147 Å². The number of amides is 1. The average molecular weight is 339 g/mol. The number of benzene rings is 1. The van der Waals surface area contributed by atoms with Gasteiger partial charge in [-0.2, -0.15) is 5.26 Å². The highest BCUT2D eigenvalue weighted by Crippen LogP contribution is 2.22. The van der Waals surface area contributed by atoms with Crippen molar-refractivity contribution >= 4 is 5.91 Å². The number of nitrogens with zero attached hydrogens (tertiary/aromatic N) is 3. The smallest absolute Gasteiger partial charge is 0.260 e. The van der Waals surface area contributed by atoms with Crippen LogP contribution in [0.5, 0.6) is 17.4 Å². The van der Waals surface area contributed by atoms with Crippen molar-refractivity contribution in [1.82, 2.24) is 9.88 Å². The molecule has 2 rings (SSSR count). The first-order valence-electron chi connectivity index (χ1n) is 8.11. The summed E-state index contributed by atoms with van der Waals surface area (Å²) >= 11 is 0. The average Bonchev–Trinajstić information content (AvgIpc) is 2.65. The highest BCUT2D eigenvalue weighted by atomic mass is 16.5. The summed E-state index contributed by atoms with van der Waals surface area (Å²) in [5.41, 5.74) is 0. The van der Waals surface area contributed by atoms with Crippen LogP contribution in [0.25, 0.3) is 0 Å². The first-order chi connectivity index (χ1) is 12.1. The lowest BCUT2D eigenvalue weighted by Crippen LogP contribution is -2.37. The molecule has 6 heteroatoms. The first kappa shape index (κ1) is 18.3. The summed E-state index contributed by atoms with van der Waals surface area (Å²) in [5, 5.41) is 8.87. The summed E-state index contributed by atoms with van der Waals surface area (Å²) in [6.07, 6.45) is 1.66. The summed E-state index contributed by atoms with van der Waals surface area (Å²) in [6, 6.07) is 14.5. The van der Waals surface area contributed by atoms with Gasteiger partial charge in [-0.05, 0) is 44.2 Å². The molecule has 0 aliphatic heterocycles. The van der Waals surface area contributed by atoms with Crippen molar-refractivity contribution in [1.29, 1.82) is 5.26 Å². The van der Waals surface area contributed by atoms with Gasteiger partial charge in [-0.15, -0.1) is 0 Å². The van der Waals surface area contributed by atoms with Gasteiger partial charge in [0, 0.05) is 25.4 Å². The number of rotatable bonds is 8. The molecule has 1 amide bonds. The summed E-state index contributed by atoms with van der Waals surface area (Å²) in [5.74, 6) is 1.38. The van der Waals surface area contributed by atoms with E-state index in [-0.39, 0.29) is 18.4 Å². The fourth-order valence-electron chi connectivity index (χ4n) is 2.15. The van der Waals surface area contributed by atoms with E-state index in [0.717, 1.165) is 0 Å². The van der Waals surface area contributed by atoms with Crippen LogP contribution in [0, 0.1) is 17.2 Å². The molecule has 6 nitrogen and oxygen atoms in total. The van der Waals surface area contributed by atoms with Crippen LogP contribution >= 0.6 is 0 Å². The zero-order chi connectivity index (χ0) is 18.1. The van der Waals surface area contributed by atoms with Gasteiger partial charge in [0.25, 0.3) is 5.91 Å². The van der Waals surface area contributed by atoms with Gasteiger partial charge in [0.2, 0.25) is 5.88 Å². The van der Waals surface area contributed by atoms with E-state index in [1.165, 1.54) is 0 Å². The van der Waals surface area contributed by atoms with Gasteiger partial charge >= 0.3 is 0 Å². The molecule has 1 heterocycles. The van der Waals surface area contributed by atoms with Crippen molar-refractivity contribution < 1.29 is 14.3 Å². The molecule has 0 aliphatic carbocycles. The van der Waals surface area contributed by atoms with Gasteiger partial charge in [0.1, 0.15) is 11.5 Å². The Morgan fingerprint density at radius 1 is 1.24 bits per heavy atom. The molecule has 0 fully saturated rings. The van der Waals surface area contributed by atoms with E-state index in [2.05, 4.69) is 11.1 Å². The van der Waals surface area contributed by atoms with E-state index in [4.69, 9.17) is 14.7 Å². The quantitative estimate of drug-likeness (QED) is 0.738. The minimum absolute atomic E-state index is 0.0631. The Morgan fingerprint density at radius 2 is 1.96 bits per heavy atom. The van der Waals surface area contributed by atoms with E-state index >= 15 is 0 Å². The molecule has 2 aromatic rings. The van der Waals surface area contributed by atoms with Gasteiger partial charge in [0.15, 0.2) is 6.61 Å². The lowest BCUT2D eigenvalue weighted by molar-refractivity contribution is -0.133. The molecular formula is C19H21N3O3. The molecule has 0 aliphatic rings. The molecule has 1 aromatic carbocycles. The van der Waals surface area contributed by atoms with Crippen molar-refractivity contribution in [2.75, 3.05) is 19.7 Å². The Hall–Kier alpha value is -3.07. The van der Waals surface area contributed by atoms with Crippen LogP contribution in [0.4, 0.5) is 0 Å². The van der Waals surface area contributed by atoms with E-state index in [9.17, 15) is 4.79 Å². The minimum atomic E-state index is -0.202. The summed E-state index contributed by atoms with van der Waals surface area (Å²) < 4.78 is 11.1. The predicted octanol–water partition coefficient (Wildman–Crippen LogP) is 3.26. The summed E-state index contributed by atoms with van der Waals surface area (Å²) in [4.78, 5) is 17.9. The number of aromatic nitrogens is 1. The van der Waals surface area contributed by atoms with E-state index in [1.807, 2.05) is 19.1 Å². The zero-order valence-electron chi connectivity index (χ0n) is 14.4. The third-order valence-corrected chi connectivity index (χ3v) is 3.50. The van der Waals surface area contributed by atoms with Crippen LogP contribution < -0.4 is 9.47 Å². The van der Waals surface area contributed by atoms with Gasteiger partial charge in [-0.3, -0.25) is 4.79 Å². The third-order valence-electron chi connectivity index (χ3n) is 3.50. The lowest BCUT2D eigenvalue weighted by atomic mass is 10.2. The molecule has 1 atom stereocenters. The Morgan fingerprint density at radius 3 is 2.56 bits per heavy atom. The molecule has 1 aromatic heterocycles. The molecule has 0 radical (unpaired) electrons. The fourth-order valence-corrected chi connectivity index (χ4v) is 2.15. The normalized spacial score (nSPS) is 11.2. The largest absolute Gasteiger partial charge is 0.484 e. The Bertz CT molecular complexity index is 711. The number of hydrogen-bond donors (Lipinski definition) is 0. The second-order valence-electron chi connectivity index (χ2n) is 5.49. The molecule has 0 N–H and O–H groups in total. The molecule has 0 bridgehead atoms. The van der Waals surface area contributed by atoms with Crippen molar-refractivity contribution in [2.24, 2.45) is 5.92 Å². The number of likely N-dealkylation sites (N-methyl/N-ethyl adjacent to an activating group) is 1. The van der Waals surface area contributed by atoms with Crippen molar-refractivity contribution in [3.63, 3.8) is 0 Å². The van der Waals surface area contributed by atoms with Crippen LogP contribution in [-0.2, 0) is 4.79 Å². The molecule has 130 valence electrons. The Balaban J connectivity index is 1.86. The second kappa shape index (κ2) is 9.28. The second-order valence-corrected chi connectivity index (χ2v) is 5.49. The van der Waals surface area contributed by atoms with Crippen molar-refractivity contribution in [3.05, 3.63) is 48.7 Å². The standard InChI is InChI=1S/C19H21N3O3/c1-3-22(13-15(2)12-20)19(23)14-24-16-7-9-17(10-8-16)25-18-6-4-5-11-21-18/h4-11,15H,3,13-14H2,1-2H3/t15-/m0/s1. The van der Waals surface area contributed by atoms with E-state index in [1.54, 1.807) is 48.4 Å². The van der Waals surface area contributed by atoms with Gasteiger partial charge in [-0.1, -0.05) is 6.07 Å². The zero-order valence-corrected chi connectivity index (χ0v) is 14.4. The van der Waals surface area contributed by atoms with E-state index in [0.29, 0.717) is 30.5 Å². The summed E-state index contributed by atoms with van der Waals surface area (Å²) in [7, 11) is 0. The number of pyridine rings is 1. The SMILES string of the molecule is CCN(C[C@@H](C)C#N)C(=O)COc1ccc(Oc2ccccn2)cc1. The first-order valence-corrected chi connectivity index (χ1v) is 8.11. The monoisotopic (exact) mass is 339 g/mol. The number of carbonyl (C=O) groups excluding carboxylic acids is 1. The fraction of sp³-hybridized carbons (Fsp3) is 0.316. The van der Waals surface area contributed by atoms with Gasteiger partial charge in [0.05, 0.1) is 12.0 Å². The molecule has 0 spiro atoms. The van der Waals surface area contributed by atoms with Crippen LogP contribution in [-0.4, -0.2) is 35.5 Å². The molecule has 0 saturated heterocycles. The number of ether oxygens (including phenoxy) is 2. The van der Waals surface area contributed by atoms with Crippen LogP contribution in [0.2, 0.25) is 0 Å². The number of nitriles is 1. The van der Waals surface area contributed by atoms with Crippen molar-refractivity contribution in [3.8, 4) is 23.4 Å². The highest BCUT2D eigenvalue weighted by Gasteiger charge is 2.15. The molecule has 25 heavy (non-hydrogen) atoms. The van der Waals surface area contributed by atoms with Gasteiger partial charge < -0.3 is 14.4 Å². The Kier molecular flexibility index (Phi) is 6.78. The van der Waals surface area contributed by atoms with Crippen LogP contribution in [0.3, 0.4) is 0 Å². The van der Waals surface area contributed by atoms with Crippen LogP contribution in [0.15, 0.2) is 48.7 Å². The lowest BCUT2D eigenvalue weighted by Gasteiger charge is -2.22. The minimum Gasteiger partial charge on any atom is -0.484 e. The topological polar surface area (TPSA) is 75.5 Å². The molecule has 0 unspecified atom stereocenters. The molecular weight excluding hydrogens is 318 g/mol. The van der Waals surface area contributed by atoms with Crippen molar-refractivity contribution in [2.45, 2.75) is 13.8 Å². The third kappa shape index (κ3) is 5.81. The maximum atomic E-state index is 12.2. The summed E-state index contributed by atoms with van der Waals surface area (Å²) in [6.45, 7) is 4.56. The van der Waals surface area contributed by atoms with Gasteiger partial charge in [-0.25, -0.2) is 4.98 Å².